The van der Waals surface area contributed by atoms with Crippen LogP contribution in [0, 0.1) is 0 Å². The van der Waals surface area contributed by atoms with Crippen LogP contribution in [0.2, 0.25) is 0 Å². The summed E-state index contributed by atoms with van der Waals surface area (Å²) in [4.78, 5) is 35.2. The van der Waals surface area contributed by atoms with Crippen molar-refractivity contribution < 1.29 is 28.6 Å². The van der Waals surface area contributed by atoms with E-state index in [9.17, 15) is 14.4 Å². The van der Waals surface area contributed by atoms with Crippen molar-refractivity contribution in [3.63, 3.8) is 0 Å². The molecule has 2 N–H and O–H groups in total. The molecular formula is C25H30N2O6. The van der Waals surface area contributed by atoms with Gasteiger partial charge in [-0.05, 0) is 47.9 Å². The van der Waals surface area contributed by atoms with Gasteiger partial charge in [-0.3, -0.25) is 14.4 Å². The Morgan fingerprint density at radius 1 is 1.00 bits per heavy atom. The van der Waals surface area contributed by atoms with Gasteiger partial charge in [-0.15, -0.1) is 0 Å². The summed E-state index contributed by atoms with van der Waals surface area (Å²) < 4.78 is 15.6. The van der Waals surface area contributed by atoms with Crippen LogP contribution in [0.1, 0.15) is 30.9 Å². The maximum Gasteiger partial charge on any atom is 0.325 e. The summed E-state index contributed by atoms with van der Waals surface area (Å²) >= 11 is 0. The van der Waals surface area contributed by atoms with Crippen LogP contribution in [0.4, 0.5) is 5.69 Å². The zero-order valence-electron chi connectivity index (χ0n) is 19.2. The minimum Gasteiger partial charge on any atom is -0.493 e. The lowest BCUT2D eigenvalue weighted by Crippen LogP contribution is -2.31. The van der Waals surface area contributed by atoms with Crippen molar-refractivity contribution in [2.45, 2.75) is 26.2 Å². The van der Waals surface area contributed by atoms with Crippen LogP contribution in [0.5, 0.6) is 11.5 Å². The second-order valence-electron chi connectivity index (χ2n) is 7.16. The standard InChI is InChI=1S/C25H30N2O6/c1-4-5-14-33-21-12-8-18(15-22(21)31-2)9-13-23(28)27-20-10-6-19(7-11-20)16-24(29)26-17-25(30)32-3/h6-13,15H,4-5,14,16-17H2,1-3H3,(H,26,29)(H,27,28). The smallest absolute Gasteiger partial charge is 0.325 e. The highest BCUT2D eigenvalue weighted by molar-refractivity contribution is 6.02. The zero-order valence-corrected chi connectivity index (χ0v) is 19.2. The van der Waals surface area contributed by atoms with Gasteiger partial charge in [0.1, 0.15) is 6.54 Å². The SMILES string of the molecule is CCCCOc1ccc(C=CC(=O)Nc2ccc(CC(=O)NCC(=O)OC)cc2)cc1OC. The minimum absolute atomic E-state index is 0.116. The molecule has 176 valence electrons. The number of anilines is 1. The molecule has 0 saturated heterocycles. The Morgan fingerprint density at radius 3 is 2.42 bits per heavy atom. The molecule has 33 heavy (non-hydrogen) atoms. The first-order chi connectivity index (χ1) is 15.9. The van der Waals surface area contributed by atoms with Gasteiger partial charge in [0.25, 0.3) is 0 Å². The molecule has 8 heteroatoms. The topological polar surface area (TPSA) is 103 Å². The number of esters is 1. The van der Waals surface area contributed by atoms with E-state index < -0.39 is 5.97 Å². The quantitative estimate of drug-likeness (QED) is 0.290. The molecule has 0 heterocycles. The highest BCUT2D eigenvalue weighted by Gasteiger charge is 2.07. The van der Waals surface area contributed by atoms with Crippen LogP contribution in [0.25, 0.3) is 6.08 Å². The number of carbonyl (C=O) groups is 3. The van der Waals surface area contributed by atoms with E-state index in [1.54, 1.807) is 37.5 Å². The lowest BCUT2D eigenvalue weighted by Gasteiger charge is -2.11. The van der Waals surface area contributed by atoms with E-state index in [1.807, 2.05) is 18.2 Å². The van der Waals surface area contributed by atoms with Crippen LogP contribution in [-0.2, 0) is 25.5 Å². The third kappa shape index (κ3) is 9.06. The Balaban J connectivity index is 1.88. The van der Waals surface area contributed by atoms with Crippen LogP contribution in [0.15, 0.2) is 48.5 Å². The van der Waals surface area contributed by atoms with Gasteiger partial charge in [-0.25, -0.2) is 0 Å². The normalized spacial score (nSPS) is 10.5. The lowest BCUT2D eigenvalue weighted by molar-refractivity contribution is -0.141. The number of hydrogen-bond donors (Lipinski definition) is 2. The van der Waals surface area contributed by atoms with E-state index >= 15 is 0 Å². The molecule has 0 aliphatic heterocycles. The average Bonchev–Trinajstić information content (AvgIpc) is 2.83. The summed E-state index contributed by atoms with van der Waals surface area (Å²) in [5.74, 6) is 0.189. The predicted octanol–water partition coefficient (Wildman–Crippen LogP) is 3.36. The number of ether oxygens (including phenoxy) is 3. The monoisotopic (exact) mass is 454 g/mol. The number of benzene rings is 2. The molecule has 0 unspecified atom stereocenters. The Hall–Kier alpha value is -3.81. The molecule has 0 bridgehead atoms. The summed E-state index contributed by atoms with van der Waals surface area (Å²) in [5, 5.41) is 5.25. The first-order valence-electron chi connectivity index (χ1n) is 10.7. The molecule has 0 fully saturated rings. The zero-order chi connectivity index (χ0) is 24.1. The number of methoxy groups -OCH3 is 2. The van der Waals surface area contributed by atoms with E-state index in [0.717, 1.165) is 24.0 Å². The first kappa shape index (κ1) is 25.5. The molecule has 2 aromatic carbocycles. The van der Waals surface area contributed by atoms with Crippen molar-refractivity contribution >= 4 is 29.5 Å². The van der Waals surface area contributed by atoms with E-state index in [-0.39, 0.29) is 24.8 Å². The van der Waals surface area contributed by atoms with Crippen molar-refractivity contribution in [3.05, 3.63) is 59.7 Å². The molecule has 0 radical (unpaired) electrons. The number of rotatable bonds is 12. The largest absolute Gasteiger partial charge is 0.493 e. The van der Waals surface area contributed by atoms with Crippen molar-refractivity contribution in [3.8, 4) is 11.5 Å². The van der Waals surface area contributed by atoms with E-state index in [4.69, 9.17) is 9.47 Å². The number of nitrogens with one attached hydrogen (secondary N) is 2. The van der Waals surface area contributed by atoms with Crippen LogP contribution in [0.3, 0.4) is 0 Å². The predicted molar refractivity (Wildman–Crippen MR) is 126 cm³/mol. The van der Waals surface area contributed by atoms with Gasteiger partial charge >= 0.3 is 5.97 Å². The second-order valence-corrected chi connectivity index (χ2v) is 7.16. The molecule has 0 aliphatic rings. The molecular weight excluding hydrogens is 424 g/mol. The average molecular weight is 455 g/mol. The fourth-order valence-corrected chi connectivity index (χ4v) is 2.79. The first-order valence-corrected chi connectivity index (χ1v) is 10.7. The fourth-order valence-electron chi connectivity index (χ4n) is 2.79. The Morgan fingerprint density at radius 2 is 1.76 bits per heavy atom. The molecule has 0 spiro atoms. The molecule has 2 aromatic rings. The molecule has 0 atom stereocenters. The molecule has 0 saturated carbocycles. The summed E-state index contributed by atoms with van der Waals surface area (Å²) in [6.45, 7) is 2.56. The lowest BCUT2D eigenvalue weighted by atomic mass is 10.1. The Bertz CT molecular complexity index is 969. The van der Waals surface area contributed by atoms with Crippen molar-refractivity contribution in [1.29, 1.82) is 0 Å². The highest BCUT2D eigenvalue weighted by Crippen LogP contribution is 2.28. The fraction of sp³-hybridized carbons (Fsp3) is 0.320. The summed E-state index contributed by atoms with van der Waals surface area (Å²) in [7, 11) is 2.84. The van der Waals surface area contributed by atoms with Gasteiger partial charge in [0.05, 0.1) is 27.2 Å². The third-order valence-corrected chi connectivity index (χ3v) is 4.61. The minimum atomic E-state index is -0.510. The van der Waals surface area contributed by atoms with Gasteiger partial charge < -0.3 is 24.8 Å². The van der Waals surface area contributed by atoms with Crippen LogP contribution < -0.4 is 20.1 Å². The third-order valence-electron chi connectivity index (χ3n) is 4.61. The van der Waals surface area contributed by atoms with Crippen molar-refractivity contribution in [1.82, 2.24) is 5.32 Å². The van der Waals surface area contributed by atoms with Gasteiger partial charge in [0, 0.05) is 11.8 Å². The van der Waals surface area contributed by atoms with Gasteiger partial charge in [-0.1, -0.05) is 31.5 Å². The molecule has 8 nitrogen and oxygen atoms in total. The Kier molecular flexibility index (Phi) is 10.5. The number of hydrogen-bond acceptors (Lipinski definition) is 6. The summed E-state index contributed by atoms with van der Waals surface area (Å²) in [5.41, 5.74) is 2.15. The number of carbonyl (C=O) groups excluding carboxylic acids is 3. The van der Waals surface area contributed by atoms with Crippen LogP contribution in [-0.4, -0.2) is 45.2 Å². The summed E-state index contributed by atoms with van der Waals surface area (Å²) in [6.07, 6.45) is 5.25. The van der Waals surface area contributed by atoms with Crippen LogP contribution >= 0.6 is 0 Å². The molecule has 2 rings (SSSR count). The molecule has 0 aliphatic carbocycles. The summed E-state index contributed by atoms with van der Waals surface area (Å²) in [6, 6.07) is 12.4. The van der Waals surface area contributed by atoms with Gasteiger partial charge in [0.2, 0.25) is 11.8 Å². The van der Waals surface area contributed by atoms with E-state index in [1.165, 1.54) is 13.2 Å². The van der Waals surface area contributed by atoms with Crippen molar-refractivity contribution in [2.24, 2.45) is 0 Å². The van der Waals surface area contributed by atoms with E-state index in [2.05, 4.69) is 22.3 Å². The number of amides is 2. The molecule has 0 aromatic heterocycles. The second kappa shape index (κ2) is 13.6. The van der Waals surface area contributed by atoms with Gasteiger partial charge in [0.15, 0.2) is 11.5 Å². The maximum absolute atomic E-state index is 12.3. The maximum atomic E-state index is 12.3. The Labute approximate surface area is 193 Å². The van der Waals surface area contributed by atoms with Gasteiger partial charge in [-0.2, -0.15) is 0 Å². The highest BCUT2D eigenvalue weighted by atomic mass is 16.5. The van der Waals surface area contributed by atoms with E-state index in [0.29, 0.717) is 23.8 Å². The molecule has 2 amide bonds. The van der Waals surface area contributed by atoms with Crippen molar-refractivity contribution in [2.75, 3.05) is 32.7 Å². The number of unbranched alkanes of at least 4 members (excludes halogenated alkanes) is 1.